The summed E-state index contributed by atoms with van der Waals surface area (Å²) in [5, 5.41) is 28.4. The van der Waals surface area contributed by atoms with Gasteiger partial charge in [0.15, 0.2) is 0 Å². The van der Waals surface area contributed by atoms with Crippen LogP contribution in [-0.4, -0.2) is 31.1 Å². The number of pyridine rings is 2. The van der Waals surface area contributed by atoms with Crippen molar-refractivity contribution in [1.29, 1.82) is 5.26 Å². The fraction of sp³-hybridized carbons (Fsp3) is 0.281. The minimum Gasteiger partial charge on any atom is -0.383 e. The second kappa shape index (κ2) is 11.7. The molecule has 9 nitrogen and oxygen atoms in total. The molecule has 3 heterocycles. The van der Waals surface area contributed by atoms with Crippen molar-refractivity contribution in [3.8, 4) is 6.07 Å². The van der Waals surface area contributed by atoms with E-state index in [1.165, 1.54) is 0 Å². The molecule has 5 aromatic rings. The first-order valence-corrected chi connectivity index (χ1v) is 14.1. The Morgan fingerprint density at radius 1 is 1.19 bits per heavy atom. The van der Waals surface area contributed by atoms with E-state index in [2.05, 4.69) is 59.3 Å². The molecule has 214 valence electrons. The van der Waals surface area contributed by atoms with Crippen LogP contribution in [-0.2, 0) is 13.6 Å². The number of aromatic nitrogens is 5. The Morgan fingerprint density at radius 2 is 2.00 bits per heavy atom. The molecule has 0 aliphatic heterocycles. The third-order valence-electron chi connectivity index (χ3n) is 7.03. The summed E-state index contributed by atoms with van der Waals surface area (Å²) >= 11 is 6.79. The lowest BCUT2D eigenvalue weighted by Crippen LogP contribution is -2.20. The number of nitrogens with zero attached hydrogens (tertiary/aromatic N) is 6. The quantitative estimate of drug-likeness (QED) is 0.193. The van der Waals surface area contributed by atoms with Crippen molar-refractivity contribution in [3.63, 3.8) is 0 Å². The largest absolute Gasteiger partial charge is 0.383 e. The van der Waals surface area contributed by atoms with Gasteiger partial charge in [-0.2, -0.15) is 5.26 Å². The molecule has 2 N–H and O–H groups in total. The summed E-state index contributed by atoms with van der Waals surface area (Å²) in [6, 6.07) is 13.2. The maximum absolute atomic E-state index is 13.0. The number of allylic oxidation sites excluding steroid dienone is 1. The molecule has 1 atom stereocenters. The van der Waals surface area contributed by atoms with Crippen molar-refractivity contribution in [2.24, 2.45) is 12.5 Å². The van der Waals surface area contributed by atoms with Crippen molar-refractivity contribution in [2.45, 2.75) is 39.8 Å². The normalized spacial score (nSPS) is 12.3. The van der Waals surface area contributed by atoms with Gasteiger partial charge in [-0.05, 0) is 47.1 Å². The zero-order chi connectivity index (χ0) is 30.0. The first-order valence-electron chi connectivity index (χ1n) is 13.7. The van der Waals surface area contributed by atoms with Crippen LogP contribution in [0.25, 0.3) is 21.7 Å². The summed E-state index contributed by atoms with van der Waals surface area (Å²) < 4.78 is 3.34. The molecule has 2 aromatic carbocycles. The lowest BCUT2D eigenvalue weighted by atomic mass is 9.96. The summed E-state index contributed by atoms with van der Waals surface area (Å²) in [6.07, 6.45) is 7.80. The van der Waals surface area contributed by atoms with E-state index in [4.69, 9.17) is 11.6 Å². The van der Waals surface area contributed by atoms with Crippen LogP contribution in [0.15, 0.2) is 72.4 Å². The SMILES string of the molecule is C=CCCn1cc([C@@H](Nc2cc(Cl)c3ncc(C#N)c(NCC(C)(C)C)c3c2)c2cccc3c(=O)n(C)ccc23)nn1. The molecule has 0 unspecified atom stereocenters. The fourth-order valence-corrected chi connectivity index (χ4v) is 5.15. The molecular weight excluding hydrogens is 548 g/mol. The Morgan fingerprint density at radius 3 is 2.74 bits per heavy atom. The third kappa shape index (κ3) is 5.85. The van der Waals surface area contributed by atoms with Gasteiger partial charge in [0.25, 0.3) is 5.56 Å². The Bertz CT molecular complexity index is 1890. The number of rotatable bonds is 9. The van der Waals surface area contributed by atoms with E-state index in [9.17, 15) is 10.1 Å². The summed E-state index contributed by atoms with van der Waals surface area (Å²) in [5.74, 6) is 0. The van der Waals surface area contributed by atoms with Crippen molar-refractivity contribution in [1.82, 2.24) is 24.5 Å². The zero-order valence-corrected chi connectivity index (χ0v) is 24.9. The molecule has 0 radical (unpaired) electrons. The van der Waals surface area contributed by atoms with Crippen LogP contribution < -0.4 is 16.2 Å². The average molecular weight is 581 g/mol. The van der Waals surface area contributed by atoms with Crippen molar-refractivity contribution < 1.29 is 0 Å². The number of nitriles is 1. The van der Waals surface area contributed by atoms with Gasteiger partial charge in [0.2, 0.25) is 0 Å². The molecule has 0 aliphatic carbocycles. The number of anilines is 2. The first-order chi connectivity index (χ1) is 20.1. The predicted molar refractivity (Wildman–Crippen MR) is 169 cm³/mol. The van der Waals surface area contributed by atoms with Crippen molar-refractivity contribution in [3.05, 3.63) is 99.8 Å². The van der Waals surface area contributed by atoms with Gasteiger partial charge < -0.3 is 15.2 Å². The predicted octanol–water partition coefficient (Wildman–Crippen LogP) is 6.44. The van der Waals surface area contributed by atoms with E-state index in [0.717, 1.165) is 22.8 Å². The molecule has 0 aliphatic rings. The number of halogens is 1. The number of aryl methyl sites for hydroxylation is 2. The van der Waals surface area contributed by atoms with Crippen molar-refractivity contribution in [2.75, 3.05) is 17.2 Å². The second-order valence-corrected chi connectivity index (χ2v) is 11.9. The van der Waals surface area contributed by atoms with Gasteiger partial charge >= 0.3 is 0 Å². The molecule has 0 bridgehead atoms. The maximum Gasteiger partial charge on any atom is 0.258 e. The van der Waals surface area contributed by atoms with Crippen LogP contribution in [0.5, 0.6) is 0 Å². The summed E-state index contributed by atoms with van der Waals surface area (Å²) in [7, 11) is 1.74. The van der Waals surface area contributed by atoms with Crippen LogP contribution in [0.3, 0.4) is 0 Å². The van der Waals surface area contributed by atoms with Gasteiger partial charge in [-0.1, -0.05) is 55.8 Å². The second-order valence-electron chi connectivity index (χ2n) is 11.5. The van der Waals surface area contributed by atoms with Gasteiger partial charge in [0, 0.05) is 49.0 Å². The summed E-state index contributed by atoms with van der Waals surface area (Å²) in [4.78, 5) is 17.5. The number of fused-ring (bicyclic) bond motifs is 2. The molecule has 10 heteroatoms. The minimum absolute atomic E-state index is 0.0179. The fourth-order valence-electron chi connectivity index (χ4n) is 4.88. The highest BCUT2D eigenvalue weighted by atomic mass is 35.5. The van der Waals surface area contributed by atoms with Crippen LogP contribution in [0.2, 0.25) is 5.02 Å². The van der Waals surface area contributed by atoms with Gasteiger partial charge in [-0.3, -0.25) is 14.5 Å². The third-order valence-corrected chi connectivity index (χ3v) is 7.32. The van der Waals surface area contributed by atoms with Gasteiger partial charge in [0.05, 0.1) is 34.0 Å². The summed E-state index contributed by atoms with van der Waals surface area (Å²) in [5.41, 5.74) is 3.87. The van der Waals surface area contributed by atoms with Gasteiger partial charge in [-0.25, -0.2) is 0 Å². The summed E-state index contributed by atoms with van der Waals surface area (Å²) in [6.45, 7) is 11.5. The molecule has 5 rings (SSSR count). The van der Waals surface area contributed by atoms with Crippen LogP contribution in [0, 0.1) is 16.7 Å². The molecule has 0 amide bonds. The Labute approximate surface area is 249 Å². The lowest BCUT2D eigenvalue weighted by molar-refractivity contribution is 0.443. The van der Waals surface area contributed by atoms with E-state index in [1.54, 1.807) is 28.7 Å². The smallest absolute Gasteiger partial charge is 0.258 e. The highest BCUT2D eigenvalue weighted by molar-refractivity contribution is 6.35. The molecule has 0 saturated carbocycles. The first kappa shape index (κ1) is 28.8. The van der Waals surface area contributed by atoms with E-state index in [-0.39, 0.29) is 11.0 Å². The maximum atomic E-state index is 13.0. The molecule has 3 aromatic heterocycles. The number of hydrogen-bond acceptors (Lipinski definition) is 7. The number of benzene rings is 2. The molecular formula is C32H33ClN8O. The van der Waals surface area contributed by atoms with Gasteiger partial charge in [-0.15, -0.1) is 11.7 Å². The monoisotopic (exact) mass is 580 g/mol. The number of hydrogen-bond donors (Lipinski definition) is 2. The van der Waals surface area contributed by atoms with E-state index >= 15 is 0 Å². The van der Waals surface area contributed by atoms with Crippen LogP contribution >= 0.6 is 11.6 Å². The Kier molecular flexibility index (Phi) is 8.01. The standard InChI is InChI=1S/C32H33ClN8O/c1-6-7-12-41-18-27(38-39-41)30(23-9-8-10-24-22(23)11-13-40(5)31(24)42)37-21-14-25-28(36-19-32(2,3)4)20(16-34)17-35-29(25)26(33)15-21/h6,8-11,13-15,17-18,30,37H,1,7,12,19H2,2-5H3,(H,35,36)/t30-/m0/s1. The minimum atomic E-state index is -0.468. The molecule has 0 spiro atoms. The Balaban J connectivity index is 1.67. The average Bonchev–Trinajstić information content (AvgIpc) is 3.43. The van der Waals surface area contributed by atoms with E-state index < -0.39 is 6.04 Å². The Hall–Kier alpha value is -4.68. The molecule has 0 saturated heterocycles. The van der Waals surface area contributed by atoms with Crippen LogP contribution in [0.1, 0.15) is 50.1 Å². The molecule has 42 heavy (non-hydrogen) atoms. The molecule has 0 fully saturated rings. The highest BCUT2D eigenvalue weighted by Crippen LogP contribution is 2.37. The number of nitrogens with one attached hydrogen (secondary N) is 2. The van der Waals surface area contributed by atoms with E-state index in [1.807, 2.05) is 48.7 Å². The highest BCUT2D eigenvalue weighted by Gasteiger charge is 2.23. The van der Waals surface area contributed by atoms with E-state index in [0.29, 0.717) is 51.6 Å². The topological polar surface area (TPSA) is 113 Å². The zero-order valence-electron chi connectivity index (χ0n) is 24.1. The van der Waals surface area contributed by atoms with Crippen molar-refractivity contribution >= 4 is 44.7 Å². The van der Waals surface area contributed by atoms with Crippen LogP contribution in [0.4, 0.5) is 11.4 Å². The van der Waals surface area contributed by atoms with Gasteiger partial charge in [0.1, 0.15) is 11.8 Å². The lowest BCUT2D eigenvalue weighted by Gasteiger charge is -2.23.